The van der Waals surface area contributed by atoms with Gasteiger partial charge in [0.2, 0.25) is 0 Å². The molecule has 6 heteroatoms. The van der Waals surface area contributed by atoms with E-state index in [1.807, 2.05) is 18.4 Å². The molecule has 0 amide bonds. The number of phenols is 1. The van der Waals surface area contributed by atoms with Crippen molar-refractivity contribution in [3.05, 3.63) is 48.5 Å². The van der Waals surface area contributed by atoms with Crippen LogP contribution in [0.4, 0.5) is 5.69 Å². The fourth-order valence-electron chi connectivity index (χ4n) is 1.58. The average molecular weight is 295 g/mol. The highest BCUT2D eigenvalue weighted by molar-refractivity contribution is 7.99. The van der Waals surface area contributed by atoms with Gasteiger partial charge in [-0.1, -0.05) is 18.2 Å². The second kappa shape index (κ2) is 5.54. The van der Waals surface area contributed by atoms with E-state index in [1.54, 1.807) is 12.1 Å². The zero-order valence-corrected chi connectivity index (χ0v) is 11.8. The molecule has 2 N–H and O–H groups in total. The predicted octanol–water partition coefficient (Wildman–Crippen LogP) is 2.91. The van der Waals surface area contributed by atoms with Gasteiger partial charge in [0.1, 0.15) is 5.75 Å². The Labute approximate surface area is 116 Å². The molecule has 0 aliphatic rings. The third-order valence-electron chi connectivity index (χ3n) is 2.48. The SMILES string of the molecule is CSc1ccccc1NS(=O)(=O)c1cccc(O)c1. The van der Waals surface area contributed by atoms with Crippen molar-refractivity contribution in [2.24, 2.45) is 0 Å². The van der Waals surface area contributed by atoms with E-state index >= 15 is 0 Å². The van der Waals surface area contributed by atoms with Crippen molar-refractivity contribution in [3.8, 4) is 5.75 Å². The molecule has 0 aromatic heterocycles. The number of aromatic hydroxyl groups is 1. The quantitative estimate of drug-likeness (QED) is 0.851. The number of nitrogens with one attached hydrogen (secondary N) is 1. The summed E-state index contributed by atoms with van der Waals surface area (Å²) in [5.41, 5.74) is 0.526. The third-order valence-corrected chi connectivity index (χ3v) is 4.64. The highest BCUT2D eigenvalue weighted by atomic mass is 32.2. The van der Waals surface area contributed by atoms with E-state index in [2.05, 4.69) is 4.72 Å². The lowest BCUT2D eigenvalue weighted by Crippen LogP contribution is -2.13. The molecule has 0 saturated carbocycles. The molecular formula is C13H13NO3S2. The molecule has 2 rings (SSSR count). The van der Waals surface area contributed by atoms with Gasteiger partial charge in [-0.3, -0.25) is 4.72 Å². The van der Waals surface area contributed by atoms with Crippen LogP contribution in [0.3, 0.4) is 0 Å². The minimum absolute atomic E-state index is 0.0309. The first-order valence-corrected chi connectivity index (χ1v) is 8.18. The number of hydrogen-bond acceptors (Lipinski definition) is 4. The van der Waals surface area contributed by atoms with Crippen LogP contribution in [-0.4, -0.2) is 19.8 Å². The third kappa shape index (κ3) is 3.21. The maximum atomic E-state index is 12.2. The normalized spacial score (nSPS) is 11.2. The monoisotopic (exact) mass is 295 g/mol. The maximum absolute atomic E-state index is 12.2. The van der Waals surface area contributed by atoms with Crippen LogP contribution in [0.2, 0.25) is 0 Å². The highest BCUT2D eigenvalue weighted by Gasteiger charge is 2.16. The largest absolute Gasteiger partial charge is 0.508 e. The van der Waals surface area contributed by atoms with Gasteiger partial charge >= 0.3 is 0 Å². The molecule has 100 valence electrons. The van der Waals surface area contributed by atoms with Gasteiger partial charge in [0.15, 0.2) is 0 Å². The molecule has 0 fully saturated rings. The van der Waals surface area contributed by atoms with Crippen LogP contribution in [0.15, 0.2) is 58.3 Å². The highest BCUT2D eigenvalue weighted by Crippen LogP contribution is 2.27. The lowest BCUT2D eigenvalue weighted by atomic mass is 10.3. The summed E-state index contributed by atoms with van der Waals surface area (Å²) in [4.78, 5) is 0.870. The van der Waals surface area contributed by atoms with Crippen LogP contribution in [0.1, 0.15) is 0 Å². The number of thioether (sulfide) groups is 1. The Bertz CT molecular complexity index is 684. The first-order chi connectivity index (χ1) is 9.03. The first kappa shape index (κ1) is 13.8. The molecule has 0 aliphatic heterocycles. The molecule has 0 saturated heterocycles. The van der Waals surface area contributed by atoms with E-state index in [9.17, 15) is 13.5 Å². The Morgan fingerprint density at radius 2 is 1.84 bits per heavy atom. The molecule has 2 aromatic rings. The van der Waals surface area contributed by atoms with Gasteiger partial charge in [-0.05, 0) is 30.5 Å². The molecule has 2 aromatic carbocycles. The molecule has 0 bridgehead atoms. The number of rotatable bonds is 4. The minimum atomic E-state index is -3.69. The van der Waals surface area contributed by atoms with Crippen LogP contribution in [0, 0.1) is 0 Å². The Morgan fingerprint density at radius 3 is 2.53 bits per heavy atom. The molecule has 0 aliphatic carbocycles. The van der Waals surface area contributed by atoms with E-state index in [0.717, 1.165) is 4.90 Å². The number of hydrogen-bond donors (Lipinski definition) is 2. The number of para-hydroxylation sites is 1. The zero-order chi connectivity index (χ0) is 13.9. The first-order valence-electron chi connectivity index (χ1n) is 5.48. The molecule has 0 radical (unpaired) electrons. The van der Waals surface area contributed by atoms with E-state index in [4.69, 9.17) is 0 Å². The van der Waals surface area contributed by atoms with Gasteiger partial charge in [0, 0.05) is 11.0 Å². The minimum Gasteiger partial charge on any atom is -0.508 e. The van der Waals surface area contributed by atoms with E-state index in [-0.39, 0.29) is 10.6 Å². The summed E-state index contributed by atoms with van der Waals surface area (Å²) in [6, 6.07) is 12.7. The summed E-state index contributed by atoms with van der Waals surface area (Å²) in [7, 11) is -3.69. The summed E-state index contributed by atoms with van der Waals surface area (Å²) >= 11 is 1.46. The smallest absolute Gasteiger partial charge is 0.262 e. The van der Waals surface area contributed by atoms with Crippen molar-refractivity contribution in [3.63, 3.8) is 0 Å². The predicted molar refractivity (Wildman–Crippen MR) is 77.1 cm³/mol. The average Bonchev–Trinajstić information content (AvgIpc) is 2.39. The molecule has 4 nitrogen and oxygen atoms in total. The Hall–Kier alpha value is -1.66. The zero-order valence-electron chi connectivity index (χ0n) is 10.2. The number of anilines is 1. The van der Waals surface area contributed by atoms with Crippen LogP contribution < -0.4 is 4.72 Å². The summed E-state index contributed by atoms with van der Waals surface area (Å²) in [5, 5.41) is 9.35. The number of sulfonamides is 1. The topological polar surface area (TPSA) is 66.4 Å². The second-order valence-corrected chi connectivity index (χ2v) is 6.33. The van der Waals surface area contributed by atoms with Crippen molar-refractivity contribution in [1.82, 2.24) is 0 Å². The summed E-state index contributed by atoms with van der Waals surface area (Å²) in [5.74, 6) is -0.0824. The summed E-state index contributed by atoms with van der Waals surface area (Å²) in [6.07, 6.45) is 1.88. The van der Waals surface area contributed by atoms with Gasteiger partial charge in [-0.25, -0.2) is 8.42 Å². The van der Waals surface area contributed by atoms with Gasteiger partial charge in [0.05, 0.1) is 10.6 Å². The second-order valence-electron chi connectivity index (χ2n) is 3.80. The standard InChI is InChI=1S/C13H13NO3S2/c1-18-13-8-3-2-7-12(13)14-19(16,17)11-6-4-5-10(15)9-11/h2-9,14-15H,1H3. The van der Waals surface area contributed by atoms with Crippen molar-refractivity contribution >= 4 is 27.5 Å². The molecule has 19 heavy (non-hydrogen) atoms. The number of phenolic OH excluding ortho intramolecular Hbond substituents is 1. The Morgan fingerprint density at radius 1 is 1.11 bits per heavy atom. The summed E-state index contributed by atoms with van der Waals surface area (Å²) < 4.78 is 26.9. The van der Waals surface area contributed by atoms with Crippen molar-refractivity contribution in [1.29, 1.82) is 0 Å². The molecular weight excluding hydrogens is 282 g/mol. The van der Waals surface area contributed by atoms with Crippen LogP contribution in [0.25, 0.3) is 0 Å². The molecule has 0 heterocycles. The van der Waals surface area contributed by atoms with Gasteiger partial charge in [0.25, 0.3) is 10.0 Å². The molecule has 0 spiro atoms. The fourth-order valence-corrected chi connectivity index (χ4v) is 3.32. The summed E-state index contributed by atoms with van der Waals surface area (Å²) in [6.45, 7) is 0. The van der Waals surface area contributed by atoms with E-state index < -0.39 is 10.0 Å². The Kier molecular flexibility index (Phi) is 4.01. The van der Waals surface area contributed by atoms with Gasteiger partial charge in [-0.15, -0.1) is 11.8 Å². The lowest BCUT2D eigenvalue weighted by molar-refractivity contribution is 0.473. The fraction of sp³-hybridized carbons (Fsp3) is 0.0769. The molecule has 0 unspecified atom stereocenters. The lowest BCUT2D eigenvalue weighted by Gasteiger charge is -2.11. The van der Waals surface area contributed by atoms with Gasteiger partial charge in [-0.2, -0.15) is 0 Å². The number of benzene rings is 2. The van der Waals surface area contributed by atoms with Crippen LogP contribution >= 0.6 is 11.8 Å². The van der Waals surface area contributed by atoms with E-state index in [0.29, 0.717) is 5.69 Å². The Balaban J connectivity index is 2.37. The molecule has 0 atom stereocenters. The van der Waals surface area contributed by atoms with Crippen molar-refractivity contribution < 1.29 is 13.5 Å². The maximum Gasteiger partial charge on any atom is 0.262 e. The van der Waals surface area contributed by atoms with Gasteiger partial charge < -0.3 is 5.11 Å². The van der Waals surface area contributed by atoms with Crippen LogP contribution in [-0.2, 0) is 10.0 Å². The van der Waals surface area contributed by atoms with Crippen LogP contribution in [0.5, 0.6) is 5.75 Å². The van der Waals surface area contributed by atoms with Crippen molar-refractivity contribution in [2.45, 2.75) is 9.79 Å². The van der Waals surface area contributed by atoms with Crippen molar-refractivity contribution in [2.75, 3.05) is 11.0 Å². The van der Waals surface area contributed by atoms with E-state index in [1.165, 1.54) is 36.0 Å².